The number of carbonyl (C=O) groups is 1. The number of fused-ring (bicyclic) bond motifs is 2. The largest absolute Gasteiger partial charge is 0.497 e. The van der Waals surface area contributed by atoms with E-state index in [0.717, 1.165) is 71.5 Å². The predicted octanol–water partition coefficient (Wildman–Crippen LogP) is 6.25. The molecule has 2 heterocycles. The number of rotatable bonds is 5. The summed E-state index contributed by atoms with van der Waals surface area (Å²) in [5, 5.41) is 8.89. The molecule has 2 fully saturated rings. The lowest BCUT2D eigenvalue weighted by atomic mass is 9.86. The van der Waals surface area contributed by atoms with Gasteiger partial charge in [0, 0.05) is 49.0 Å². The molecule has 4 aromatic rings. The van der Waals surface area contributed by atoms with Crippen molar-refractivity contribution in [3.05, 3.63) is 65.7 Å². The van der Waals surface area contributed by atoms with Crippen molar-refractivity contribution in [2.45, 2.75) is 38.1 Å². The lowest BCUT2D eigenvalue weighted by Gasteiger charge is -2.41. The van der Waals surface area contributed by atoms with Crippen LogP contribution in [-0.4, -0.2) is 55.2 Å². The van der Waals surface area contributed by atoms with Gasteiger partial charge in [-0.2, -0.15) is 0 Å². The molecule has 38 heavy (non-hydrogen) atoms. The average molecular weight is 509 g/mol. The Balaban J connectivity index is 1.30. The minimum atomic E-state index is -0.00835. The fourth-order valence-corrected chi connectivity index (χ4v) is 6.49. The van der Waals surface area contributed by atoms with Crippen molar-refractivity contribution in [1.29, 1.82) is 0 Å². The molecule has 1 N–H and O–H groups in total. The zero-order chi connectivity index (χ0) is 25.6. The maximum atomic E-state index is 13.9. The van der Waals surface area contributed by atoms with Crippen molar-refractivity contribution in [2.75, 3.05) is 43.5 Å². The van der Waals surface area contributed by atoms with Gasteiger partial charge in [-0.15, -0.1) is 0 Å². The molecule has 0 radical (unpaired) electrons. The molecule has 1 aliphatic heterocycles. The van der Waals surface area contributed by atoms with Crippen molar-refractivity contribution in [3.8, 4) is 17.1 Å². The fourth-order valence-electron chi connectivity index (χ4n) is 6.49. The Labute approximate surface area is 222 Å². The van der Waals surface area contributed by atoms with Crippen molar-refractivity contribution >= 4 is 33.7 Å². The van der Waals surface area contributed by atoms with Crippen LogP contribution < -0.4 is 15.0 Å². The molecule has 1 saturated carbocycles. The van der Waals surface area contributed by atoms with Crippen LogP contribution in [0, 0.1) is 0 Å². The third-order valence-electron chi connectivity index (χ3n) is 8.49. The number of nitrogens with zero attached hydrogens (tertiary/aromatic N) is 3. The van der Waals surface area contributed by atoms with Crippen molar-refractivity contribution in [3.63, 3.8) is 0 Å². The molecular weight excluding hydrogens is 476 g/mol. The first-order valence-corrected chi connectivity index (χ1v) is 13.7. The van der Waals surface area contributed by atoms with Gasteiger partial charge >= 0.3 is 0 Å². The number of benzene rings is 3. The van der Waals surface area contributed by atoms with Crippen LogP contribution in [0.25, 0.3) is 22.2 Å². The van der Waals surface area contributed by atoms with Crippen LogP contribution in [0.2, 0.25) is 0 Å². The Kier molecular flexibility index (Phi) is 5.81. The highest BCUT2D eigenvalue weighted by Gasteiger charge is 2.34. The van der Waals surface area contributed by atoms with Crippen molar-refractivity contribution in [2.24, 2.45) is 0 Å². The summed E-state index contributed by atoms with van der Waals surface area (Å²) >= 11 is 0. The Hall–Kier alpha value is -3.84. The second-order valence-corrected chi connectivity index (χ2v) is 10.6. The van der Waals surface area contributed by atoms with E-state index in [4.69, 9.17) is 9.26 Å². The van der Waals surface area contributed by atoms with Crippen LogP contribution >= 0.6 is 0 Å². The van der Waals surface area contributed by atoms with E-state index in [1.165, 1.54) is 32.1 Å². The molecule has 7 nitrogen and oxygen atoms in total. The zero-order valence-corrected chi connectivity index (χ0v) is 21.7. The Morgan fingerprint density at radius 3 is 2.42 bits per heavy atom. The van der Waals surface area contributed by atoms with Crippen LogP contribution in [0.5, 0.6) is 5.75 Å². The smallest absolute Gasteiger partial charge is 0.196 e. The molecule has 0 spiro atoms. The third-order valence-corrected chi connectivity index (χ3v) is 8.49. The van der Waals surface area contributed by atoms with Gasteiger partial charge in [0.2, 0.25) is 0 Å². The molecule has 0 amide bonds. The van der Waals surface area contributed by atoms with Gasteiger partial charge in [-0.05, 0) is 43.2 Å². The second kappa shape index (κ2) is 9.48. The first kappa shape index (κ1) is 23.3. The quantitative estimate of drug-likeness (QED) is 0.301. The molecule has 0 atom stereocenters. The summed E-state index contributed by atoms with van der Waals surface area (Å²) in [6.07, 6.45) is 6.72. The van der Waals surface area contributed by atoms with E-state index in [1.807, 2.05) is 48.5 Å². The summed E-state index contributed by atoms with van der Waals surface area (Å²) in [7, 11) is 1.66. The minimum Gasteiger partial charge on any atom is -0.497 e. The van der Waals surface area contributed by atoms with Crippen molar-refractivity contribution in [1.82, 2.24) is 10.1 Å². The SMILES string of the molecule is COc1ccc(Nc2cc(N3CCN(C4CCCCC4)CC3)c3noc4c3c2C(=O)c2ccccc2-4)cc1. The van der Waals surface area contributed by atoms with Gasteiger partial charge in [-0.3, -0.25) is 9.69 Å². The van der Waals surface area contributed by atoms with E-state index < -0.39 is 0 Å². The number of piperazine rings is 1. The number of aromatic nitrogens is 1. The predicted molar refractivity (Wildman–Crippen MR) is 150 cm³/mol. The zero-order valence-electron chi connectivity index (χ0n) is 21.7. The van der Waals surface area contributed by atoms with E-state index in [0.29, 0.717) is 16.9 Å². The monoisotopic (exact) mass is 508 g/mol. The van der Waals surface area contributed by atoms with Gasteiger partial charge < -0.3 is 19.5 Å². The van der Waals surface area contributed by atoms with Gasteiger partial charge in [0.1, 0.15) is 11.3 Å². The highest BCUT2D eigenvalue weighted by molar-refractivity contribution is 6.28. The maximum Gasteiger partial charge on any atom is 0.196 e. The van der Waals surface area contributed by atoms with E-state index >= 15 is 0 Å². The molecule has 3 aromatic carbocycles. The number of methoxy groups -OCH3 is 1. The lowest BCUT2D eigenvalue weighted by Crippen LogP contribution is -2.51. The molecule has 1 aromatic heterocycles. The molecule has 1 saturated heterocycles. The van der Waals surface area contributed by atoms with E-state index in [2.05, 4.69) is 26.3 Å². The third kappa shape index (κ3) is 3.84. The Morgan fingerprint density at radius 2 is 1.68 bits per heavy atom. The van der Waals surface area contributed by atoms with Crippen LogP contribution in [-0.2, 0) is 0 Å². The normalized spacial score (nSPS) is 18.0. The molecule has 7 heteroatoms. The second-order valence-electron chi connectivity index (χ2n) is 10.6. The number of anilines is 3. The van der Waals surface area contributed by atoms with Gasteiger partial charge in [-0.1, -0.05) is 48.7 Å². The molecule has 3 aliphatic rings. The summed E-state index contributed by atoms with van der Waals surface area (Å²) in [6, 6.07) is 18.2. The van der Waals surface area contributed by atoms with Crippen LogP contribution in [0.4, 0.5) is 17.1 Å². The van der Waals surface area contributed by atoms with E-state index in [9.17, 15) is 4.79 Å². The summed E-state index contributed by atoms with van der Waals surface area (Å²) in [4.78, 5) is 18.9. The van der Waals surface area contributed by atoms with Crippen molar-refractivity contribution < 1.29 is 14.1 Å². The minimum absolute atomic E-state index is 0.00835. The molecule has 7 rings (SSSR count). The Bertz CT molecular complexity index is 1500. The average Bonchev–Trinajstić information content (AvgIpc) is 3.42. The van der Waals surface area contributed by atoms with Gasteiger partial charge in [0.05, 0.1) is 29.4 Å². The van der Waals surface area contributed by atoms with Gasteiger partial charge in [0.25, 0.3) is 0 Å². The van der Waals surface area contributed by atoms with E-state index in [1.54, 1.807) is 7.11 Å². The first-order chi connectivity index (χ1) is 18.7. The maximum absolute atomic E-state index is 13.9. The summed E-state index contributed by atoms with van der Waals surface area (Å²) < 4.78 is 11.3. The highest BCUT2D eigenvalue weighted by Crippen LogP contribution is 2.46. The summed E-state index contributed by atoms with van der Waals surface area (Å²) in [6.45, 7) is 3.95. The van der Waals surface area contributed by atoms with Crippen LogP contribution in [0.3, 0.4) is 0 Å². The first-order valence-electron chi connectivity index (χ1n) is 13.7. The summed E-state index contributed by atoms with van der Waals surface area (Å²) in [5.41, 5.74) is 5.52. The number of ether oxygens (including phenoxy) is 1. The number of hydrogen-bond acceptors (Lipinski definition) is 7. The number of carbonyl (C=O) groups excluding carboxylic acids is 1. The topological polar surface area (TPSA) is 70.8 Å². The fraction of sp³-hybridized carbons (Fsp3) is 0.355. The molecule has 0 bridgehead atoms. The molecule has 194 valence electrons. The number of nitrogens with one attached hydrogen (secondary N) is 1. The molecule has 2 aliphatic carbocycles. The standard InChI is InChI=1S/C31H32N4O3/c1-37-22-13-11-20(12-14-22)32-25-19-26(35-17-15-34(16-18-35)21-7-3-2-4-8-21)29-28-27(25)30(36)23-9-5-6-10-24(23)31(28)38-33-29/h5-6,9-14,19,21,32H,2-4,7-8,15-18H2,1H3. The van der Waals surface area contributed by atoms with Gasteiger partial charge in [0.15, 0.2) is 11.5 Å². The van der Waals surface area contributed by atoms with E-state index in [-0.39, 0.29) is 5.78 Å². The van der Waals surface area contributed by atoms with Crippen LogP contribution in [0.15, 0.2) is 59.1 Å². The lowest BCUT2D eigenvalue weighted by molar-refractivity contribution is 0.104. The highest BCUT2D eigenvalue weighted by atomic mass is 16.5. The summed E-state index contributed by atoms with van der Waals surface area (Å²) in [5.74, 6) is 1.45. The number of ketones is 1. The Morgan fingerprint density at radius 1 is 0.947 bits per heavy atom. The van der Waals surface area contributed by atoms with Gasteiger partial charge in [-0.25, -0.2) is 0 Å². The van der Waals surface area contributed by atoms with Crippen LogP contribution in [0.1, 0.15) is 48.0 Å². The molecule has 0 unspecified atom stereocenters. The number of hydrogen-bond donors (Lipinski definition) is 1. The molecular formula is C31H32N4O3.